The average Bonchev–Trinajstić information content (AvgIpc) is 3.29. The van der Waals surface area contributed by atoms with Crippen molar-refractivity contribution in [2.45, 2.75) is 40.4 Å². The second kappa shape index (κ2) is 11.7. The molecule has 0 saturated carbocycles. The number of nitrogens with one attached hydrogen (secondary N) is 1. The topological polar surface area (TPSA) is 60.1 Å². The number of rotatable bonds is 9. The summed E-state index contributed by atoms with van der Waals surface area (Å²) in [5.74, 6) is 1.01. The average molecular weight is 413 g/mol. The van der Waals surface area contributed by atoms with Crippen molar-refractivity contribution in [1.29, 1.82) is 0 Å². The maximum absolute atomic E-state index is 4.94. The van der Waals surface area contributed by atoms with Crippen molar-refractivity contribution in [3.05, 3.63) is 53.4 Å². The van der Waals surface area contributed by atoms with E-state index in [1.807, 2.05) is 6.07 Å². The highest BCUT2D eigenvalue weighted by Gasteiger charge is 2.20. The molecule has 7 nitrogen and oxygen atoms in total. The summed E-state index contributed by atoms with van der Waals surface area (Å²) < 4.78 is 4.94. The number of hydrogen-bond donors (Lipinski definition) is 1. The summed E-state index contributed by atoms with van der Waals surface area (Å²) in [6.07, 6.45) is 1.64. The van der Waals surface area contributed by atoms with E-state index in [0.29, 0.717) is 6.54 Å². The molecule has 1 aromatic carbocycles. The van der Waals surface area contributed by atoms with E-state index in [0.717, 1.165) is 70.6 Å². The SMILES string of the molecule is CCNC(=NCc1cccc(CN(CC)CC)c1)N1CCN(Cc2ccon2)CC1. The van der Waals surface area contributed by atoms with E-state index in [9.17, 15) is 0 Å². The molecule has 1 aliphatic heterocycles. The minimum absolute atomic E-state index is 0.702. The highest BCUT2D eigenvalue weighted by atomic mass is 16.5. The van der Waals surface area contributed by atoms with Gasteiger partial charge < -0.3 is 14.7 Å². The molecule has 1 aromatic heterocycles. The molecule has 0 radical (unpaired) electrons. The lowest BCUT2D eigenvalue weighted by Gasteiger charge is -2.36. The summed E-state index contributed by atoms with van der Waals surface area (Å²) in [6, 6.07) is 10.8. The van der Waals surface area contributed by atoms with Crippen LogP contribution in [0.25, 0.3) is 0 Å². The number of nitrogens with zero attached hydrogens (tertiary/aromatic N) is 5. The highest BCUT2D eigenvalue weighted by molar-refractivity contribution is 5.80. The summed E-state index contributed by atoms with van der Waals surface area (Å²) in [6.45, 7) is 16.0. The lowest BCUT2D eigenvalue weighted by molar-refractivity contribution is 0.169. The Bertz CT molecular complexity index is 764. The Labute approximate surface area is 180 Å². The monoisotopic (exact) mass is 412 g/mol. The number of hydrogen-bond acceptors (Lipinski definition) is 5. The Morgan fingerprint density at radius 2 is 1.87 bits per heavy atom. The van der Waals surface area contributed by atoms with E-state index < -0.39 is 0 Å². The fraction of sp³-hybridized carbons (Fsp3) is 0.565. The van der Waals surface area contributed by atoms with Gasteiger partial charge in [0.25, 0.3) is 0 Å². The summed E-state index contributed by atoms with van der Waals surface area (Å²) in [5, 5.41) is 7.49. The molecule has 0 amide bonds. The van der Waals surface area contributed by atoms with E-state index in [1.54, 1.807) is 6.26 Å². The highest BCUT2D eigenvalue weighted by Crippen LogP contribution is 2.11. The summed E-state index contributed by atoms with van der Waals surface area (Å²) in [4.78, 5) is 12.2. The van der Waals surface area contributed by atoms with Gasteiger partial charge in [-0.1, -0.05) is 43.3 Å². The Kier molecular flexibility index (Phi) is 8.71. The largest absolute Gasteiger partial charge is 0.364 e. The first-order chi connectivity index (χ1) is 14.7. The van der Waals surface area contributed by atoms with Crippen LogP contribution in [0.2, 0.25) is 0 Å². The van der Waals surface area contributed by atoms with Crippen molar-refractivity contribution in [3.8, 4) is 0 Å². The molecule has 7 heteroatoms. The summed E-state index contributed by atoms with van der Waals surface area (Å²) in [7, 11) is 0. The van der Waals surface area contributed by atoms with E-state index in [4.69, 9.17) is 9.52 Å². The molecular formula is C23H36N6O. The Balaban J connectivity index is 1.57. The van der Waals surface area contributed by atoms with Gasteiger partial charge in [0.05, 0.1) is 12.2 Å². The molecular weight excluding hydrogens is 376 g/mol. The normalized spacial score (nSPS) is 15.7. The molecule has 0 bridgehead atoms. The van der Waals surface area contributed by atoms with Gasteiger partial charge in [0.2, 0.25) is 0 Å². The molecule has 0 unspecified atom stereocenters. The predicted octanol–water partition coefficient (Wildman–Crippen LogP) is 2.80. The second-order valence-corrected chi connectivity index (χ2v) is 7.71. The zero-order chi connectivity index (χ0) is 21.2. The molecule has 164 valence electrons. The van der Waals surface area contributed by atoms with Crippen LogP contribution in [0.4, 0.5) is 0 Å². The Hall–Kier alpha value is -2.38. The Morgan fingerprint density at radius 3 is 2.53 bits per heavy atom. The summed E-state index contributed by atoms with van der Waals surface area (Å²) >= 11 is 0. The second-order valence-electron chi connectivity index (χ2n) is 7.71. The number of piperazine rings is 1. The number of benzene rings is 1. The van der Waals surface area contributed by atoms with Crippen LogP contribution in [0, 0.1) is 0 Å². The molecule has 3 rings (SSSR count). The maximum Gasteiger partial charge on any atom is 0.194 e. The molecule has 30 heavy (non-hydrogen) atoms. The third-order valence-corrected chi connectivity index (χ3v) is 5.59. The van der Waals surface area contributed by atoms with Crippen LogP contribution in [0.15, 0.2) is 46.1 Å². The summed E-state index contributed by atoms with van der Waals surface area (Å²) in [5.41, 5.74) is 3.62. The molecule has 2 heterocycles. The molecule has 1 aliphatic rings. The third kappa shape index (κ3) is 6.57. The molecule has 1 fully saturated rings. The van der Waals surface area contributed by atoms with Crippen molar-refractivity contribution in [3.63, 3.8) is 0 Å². The van der Waals surface area contributed by atoms with Gasteiger partial charge >= 0.3 is 0 Å². The van der Waals surface area contributed by atoms with Crippen LogP contribution < -0.4 is 5.32 Å². The molecule has 0 aliphatic carbocycles. The zero-order valence-corrected chi connectivity index (χ0v) is 18.7. The van der Waals surface area contributed by atoms with Gasteiger partial charge in [0, 0.05) is 51.9 Å². The number of aromatic nitrogens is 1. The molecule has 0 spiro atoms. The van der Waals surface area contributed by atoms with Crippen molar-refractivity contribution in [2.24, 2.45) is 4.99 Å². The van der Waals surface area contributed by atoms with E-state index in [1.165, 1.54) is 11.1 Å². The van der Waals surface area contributed by atoms with Crippen molar-refractivity contribution in [1.82, 2.24) is 25.2 Å². The molecule has 2 aromatic rings. The first kappa shape index (κ1) is 22.3. The van der Waals surface area contributed by atoms with Crippen molar-refractivity contribution < 1.29 is 4.52 Å². The maximum atomic E-state index is 4.94. The van der Waals surface area contributed by atoms with Crippen LogP contribution >= 0.6 is 0 Å². The fourth-order valence-electron chi connectivity index (χ4n) is 3.79. The minimum Gasteiger partial charge on any atom is -0.364 e. The minimum atomic E-state index is 0.702. The van der Waals surface area contributed by atoms with Crippen molar-refractivity contribution >= 4 is 5.96 Å². The van der Waals surface area contributed by atoms with Crippen LogP contribution in [0.5, 0.6) is 0 Å². The quantitative estimate of drug-likeness (QED) is 0.505. The number of aliphatic imine (C=N–C) groups is 1. The zero-order valence-electron chi connectivity index (χ0n) is 18.7. The van der Waals surface area contributed by atoms with Gasteiger partial charge in [0.1, 0.15) is 6.26 Å². The van der Waals surface area contributed by atoms with Gasteiger partial charge in [0.15, 0.2) is 5.96 Å². The van der Waals surface area contributed by atoms with Crippen LogP contribution in [-0.4, -0.2) is 71.6 Å². The Morgan fingerprint density at radius 1 is 1.10 bits per heavy atom. The first-order valence-corrected chi connectivity index (χ1v) is 11.2. The van der Waals surface area contributed by atoms with E-state index in [2.05, 4.69) is 70.2 Å². The van der Waals surface area contributed by atoms with Crippen molar-refractivity contribution in [2.75, 3.05) is 45.8 Å². The van der Waals surface area contributed by atoms with Crippen LogP contribution in [-0.2, 0) is 19.6 Å². The van der Waals surface area contributed by atoms with Gasteiger partial charge in [-0.25, -0.2) is 4.99 Å². The third-order valence-electron chi connectivity index (χ3n) is 5.59. The van der Waals surface area contributed by atoms with Gasteiger partial charge in [-0.05, 0) is 31.1 Å². The van der Waals surface area contributed by atoms with Crippen LogP contribution in [0.1, 0.15) is 37.6 Å². The van der Waals surface area contributed by atoms with Gasteiger partial charge in [-0.2, -0.15) is 0 Å². The molecule has 1 saturated heterocycles. The predicted molar refractivity (Wildman–Crippen MR) is 121 cm³/mol. The fourth-order valence-corrected chi connectivity index (χ4v) is 3.79. The molecule has 1 N–H and O–H groups in total. The standard InChI is InChI=1S/C23H36N6O/c1-4-24-23(29-13-11-28(12-14-29)19-22-10-15-30-26-22)25-17-20-8-7-9-21(16-20)18-27(5-2)6-3/h7-10,15-16H,4-6,11-14,17-19H2,1-3H3,(H,24,25). The smallest absolute Gasteiger partial charge is 0.194 e. The van der Waals surface area contributed by atoms with Gasteiger partial charge in [-0.15, -0.1) is 0 Å². The first-order valence-electron chi connectivity index (χ1n) is 11.2. The molecule has 0 atom stereocenters. The number of guanidine groups is 1. The van der Waals surface area contributed by atoms with Crippen LogP contribution in [0.3, 0.4) is 0 Å². The van der Waals surface area contributed by atoms with E-state index >= 15 is 0 Å². The van der Waals surface area contributed by atoms with Gasteiger partial charge in [-0.3, -0.25) is 9.80 Å². The van der Waals surface area contributed by atoms with E-state index in [-0.39, 0.29) is 0 Å². The lowest BCUT2D eigenvalue weighted by atomic mass is 10.1. The lowest BCUT2D eigenvalue weighted by Crippen LogP contribution is -2.52.